The molecule has 0 amide bonds. The first kappa shape index (κ1) is 9.54. The number of thiophene rings is 1. The average Bonchev–Trinajstić information content (AvgIpc) is 2.86. The van der Waals surface area contributed by atoms with Crippen molar-refractivity contribution in [2.24, 2.45) is 0 Å². The Morgan fingerprint density at radius 2 is 2.38 bits per heavy atom. The fraction of sp³-hybridized carbons (Fsp3) is 0.167. The molecule has 0 fully saturated rings. The highest BCUT2D eigenvalue weighted by molar-refractivity contribution is 7.09. The molecule has 3 heterocycles. The third-order valence-corrected chi connectivity index (χ3v) is 3.32. The van der Waals surface area contributed by atoms with Gasteiger partial charge in [-0.05, 0) is 30.0 Å². The zero-order valence-corrected chi connectivity index (χ0v) is 9.71. The molecule has 0 spiro atoms. The van der Waals surface area contributed by atoms with Gasteiger partial charge in [-0.2, -0.15) is 0 Å². The number of nitrogens with one attached hydrogen (secondary N) is 1. The number of aromatic nitrogens is 3. The summed E-state index contributed by atoms with van der Waals surface area (Å²) >= 11 is 1.75. The van der Waals surface area contributed by atoms with Crippen LogP contribution in [0.1, 0.15) is 16.3 Å². The summed E-state index contributed by atoms with van der Waals surface area (Å²) in [6.45, 7) is 2.03. The number of aromatic amines is 1. The van der Waals surface area contributed by atoms with E-state index < -0.39 is 0 Å². The van der Waals surface area contributed by atoms with E-state index in [0.29, 0.717) is 0 Å². The third-order valence-electron chi connectivity index (χ3n) is 2.44. The fourth-order valence-corrected chi connectivity index (χ4v) is 2.43. The van der Waals surface area contributed by atoms with E-state index in [1.54, 1.807) is 11.3 Å². The van der Waals surface area contributed by atoms with Gasteiger partial charge in [0.2, 0.25) is 0 Å². The molecule has 0 saturated carbocycles. The van der Waals surface area contributed by atoms with Crippen molar-refractivity contribution in [3.8, 4) is 0 Å². The summed E-state index contributed by atoms with van der Waals surface area (Å²) in [4.78, 5) is 13.4. The second-order valence-corrected chi connectivity index (χ2v) is 4.86. The maximum Gasteiger partial charge on any atom is 0.177 e. The monoisotopic (exact) mass is 229 g/mol. The van der Waals surface area contributed by atoms with Crippen LogP contribution in [0.2, 0.25) is 0 Å². The Morgan fingerprint density at radius 1 is 1.44 bits per heavy atom. The van der Waals surface area contributed by atoms with Gasteiger partial charge in [0.05, 0.1) is 5.52 Å². The van der Waals surface area contributed by atoms with Crippen LogP contribution in [-0.4, -0.2) is 15.0 Å². The van der Waals surface area contributed by atoms with Crippen molar-refractivity contribution in [2.45, 2.75) is 13.3 Å². The summed E-state index contributed by atoms with van der Waals surface area (Å²) in [5.41, 5.74) is 2.97. The Balaban J connectivity index is 1.99. The molecule has 3 nitrogen and oxygen atoms in total. The Kier molecular flexibility index (Phi) is 2.22. The minimum Gasteiger partial charge on any atom is -0.340 e. The minimum atomic E-state index is 0.803. The van der Waals surface area contributed by atoms with Crippen LogP contribution in [0.25, 0.3) is 11.2 Å². The Hall–Kier alpha value is -1.68. The number of hydrogen-bond acceptors (Lipinski definition) is 3. The van der Waals surface area contributed by atoms with Crippen LogP contribution >= 0.6 is 11.3 Å². The molecule has 80 valence electrons. The fourth-order valence-electron chi connectivity index (χ4n) is 1.72. The lowest BCUT2D eigenvalue weighted by molar-refractivity contribution is 1.05. The van der Waals surface area contributed by atoms with E-state index in [-0.39, 0.29) is 0 Å². The van der Waals surface area contributed by atoms with Crippen molar-refractivity contribution in [3.63, 3.8) is 0 Å². The quantitative estimate of drug-likeness (QED) is 0.734. The molecular weight excluding hydrogens is 218 g/mol. The van der Waals surface area contributed by atoms with Gasteiger partial charge in [0.1, 0.15) is 5.82 Å². The molecule has 16 heavy (non-hydrogen) atoms. The maximum atomic E-state index is 4.47. The molecule has 0 bridgehead atoms. The van der Waals surface area contributed by atoms with Crippen LogP contribution in [0.4, 0.5) is 0 Å². The van der Waals surface area contributed by atoms with Gasteiger partial charge in [-0.1, -0.05) is 6.07 Å². The normalized spacial score (nSPS) is 11.1. The summed E-state index contributed by atoms with van der Waals surface area (Å²) in [6.07, 6.45) is 2.70. The van der Waals surface area contributed by atoms with Crippen LogP contribution < -0.4 is 0 Å². The van der Waals surface area contributed by atoms with Crippen LogP contribution in [0, 0.1) is 6.92 Å². The Morgan fingerprint density at radius 3 is 3.19 bits per heavy atom. The molecule has 0 atom stereocenters. The van der Waals surface area contributed by atoms with Gasteiger partial charge < -0.3 is 4.98 Å². The predicted octanol–water partition coefficient (Wildman–Crippen LogP) is 2.92. The first-order valence-corrected chi connectivity index (χ1v) is 6.03. The lowest BCUT2D eigenvalue weighted by Gasteiger charge is -1.90. The second kappa shape index (κ2) is 3.72. The molecule has 1 N–H and O–H groups in total. The molecule has 3 rings (SSSR count). The molecule has 0 radical (unpaired) electrons. The minimum absolute atomic E-state index is 0.803. The summed E-state index contributed by atoms with van der Waals surface area (Å²) in [6, 6.07) is 6.26. The number of rotatable bonds is 2. The molecule has 0 unspecified atom stereocenters. The molecule has 0 aliphatic heterocycles. The van der Waals surface area contributed by atoms with Crippen LogP contribution in [0.5, 0.6) is 0 Å². The first-order valence-electron chi connectivity index (χ1n) is 5.15. The van der Waals surface area contributed by atoms with Crippen LogP contribution in [-0.2, 0) is 6.42 Å². The Labute approximate surface area is 97.2 Å². The maximum absolute atomic E-state index is 4.47. The standard InChI is InChI=1S/C12H11N3S/c1-8-5-10-12(13-7-8)15-11(14-10)6-9-3-2-4-16-9/h2-5,7H,6H2,1H3,(H,13,14,15). The molecule has 0 aliphatic rings. The van der Waals surface area contributed by atoms with E-state index in [4.69, 9.17) is 0 Å². The zero-order chi connectivity index (χ0) is 11.0. The lowest BCUT2D eigenvalue weighted by atomic mass is 10.3. The van der Waals surface area contributed by atoms with Gasteiger partial charge in [0.25, 0.3) is 0 Å². The van der Waals surface area contributed by atoms with E-state index in [0.717, 1.165) is 29.0 Å². The average molecular weight is 229 g/mol. The molecule has 3 aromatic rings. The largest absolute Gasteiger partial charge is 0.340 e. The van der Waals surface area contributed by atoms with Crippen molar-refractivity contribution in [1.82, 2.24) is 15.0 Å². The van der Waals surface area contributed by atoms with Crippen molar-refractivity contribution in [1.29, 1.82) is 0 Å². The number of hydrogen-bond donors (Lipinski definition) is 1. The van der Waals surface area contributed by atoms with Crippen molar-refractivity contribution in [2.75, 3.05) is 0 Å². The summed E-state index contributed by atoms with van der Waals surface area (Å²) < 4.78 is 0. The van der Waals surface area contributed by atoms with E-state index >= 15 is 0 Å². The first-order chi connectivity index (χ1) is 7.81. The number of imidazole rings is 1. The topological polar surface area (TPSA) is 41.6 Å². The molecule has 0 aromatic carbocycles. The number of H-pyrrole nitrogens is 1. The zero-order valence-electron chi connectivity index (χ0n) is 8.90. The highest BCUT2D eigenvalue weighted by Gasteiger charge is 2.05. The molecule has 0 aliphatic carbocycles. The summed E-state index contributed by atoms with van der Waals surface area (Å²) in [7, 11) is 0. The summed E-state index contributed by atoms with van der Waals surface area (Å²) in [5.74, 6) is 0.982. The highest BCUT2D eigenvalue weighted by atomic mass is 32.1. The number of fused-ring (bicyclic) bond motifs is 1. The predicted molar refractivity (Wildman–Crippen MR) is 65.8 cm³/mol. The van der Waals surface area contributed by atoms with E-state index in [1.165, 1.54) is 4.88 Å². The van der Waals surface area contributed by atoms with Crippen LogP contribution in [0.3, 0.4) is 0 Å². The van der Waals surface area contributed by atoms with Gasteiger partial charge >= 0.3 is 0 Å². The Bertz CT molecular complexity index is 610. The van der Waals surface area contributed by atoms with E-state index in [9.17, 15) is 0 Å². The van der Waals surface area contributed by atoms with Crippen molar-refractivity contribution < 1.29 is 0 Å². The van der Waals surface area contributed by atoms with Gasteiger partial charge in [-0.15, -0.1) is 11.3 Å². The highest BCUT2D eigenvalue weighted by Crippen LogP contribution is 2.16. The SMILES string of the molecule is Cc1cnc2nc(Cc3cccs3)[nH]c2c1. The van der Waals surface area contributed by atoms with Gasteiger partial charge in [0.15, 0.2) is 5.65 Å². The van der Waals surface area contributed by atoms with Gasteiger partial charge in [0, 0.05) is 17.5 Å². The van der Waals surface area contributed by atoms with Gasteiger partial charge in [-0.25, -0.2) is 9.97 Å². The third kappa shape index (κ3) is 1.72. The van der Waals surface area contributed by atoms with Crippen molar-refractivity contribution >= 4 is 22.5 Å². The van der Waals surface area contributed by atoms with E-state index in [1.807, 2.05) is 13.1 Å². The smallest absolute Gasteiger partial charge is 0.177 e. The summed E-state index contributed by atoms with van der Waals surface area (Å²) in [5, 5.41) is 2.08. The van der Waals surface area contributed by atoms with Crippen molar-refractivity contribution in [3.05, 3.63) is 46.0 Å². The molecular formula is C12H11N3S. The number of pyridine rings is 1. The molecule has 3 aromatic heterocycles. The second-order valence-electron chi connectivity index (χ2n) is 3.82. The number of nitrogens with zero attached hydrogens (tertiary/aromatic N) is 2. The molecule has 4 heteroatoms. The van der Waals surface area contributed by atoms with Gasteiger partial charge in [-0.3, -0.25) is 0 Å². The lowest BCUT2D eigenvalue weighted by Crippen LogP contribution is -1.86. The number of aryl methyl sites for hydroxylation is 1. The van der Waals surface area contributed by atoms with E-state index in [2.05, 4.69) is 38.5 Å². The van der Waals surface area contributed by atoms with Crippen LogP contribution in [0.15, 0.2) is 29.8 Å². The molecule has 0 saturated heterocycles.